The molecule has 0 aliphatic rings. The van der Waals surface area contributed by atoms with Crippen LogP contribution in [-0.4, -0.2) is 16.7 Å². The first-order chi connectivity index (χ1) is 9.15. The number of aryl methyl sites for hydroxylation is 2. The molecule has 3 nitrogen and oxygen atoms in total. The van der Waals surface area contributed by atoms with Gasteiger partial charge in [0, 0.05) is 4.88 Å². The highest BCUT2D eigenvalue weighted by Crippen LogP contribution is 2.34. The van der Waals surface area contributed by atoms with Crippen molar-refractivity contribution < 1.29 is 0 Å². The second-order valence-corrected chi connectivity index (χ2v) is 6.98. The fourth-order valence-corrected chi connectivity index (χ4v) is 3.96. The van der Waals surface area contributed by atoms with Gasteiger partial charge in [-0.05, 0) is 44.9 Å². The van der Waals surface area contributed by atoms with Crippen molar-refractivity contribution in [2.24, 2.45) is 0 Å². The highest BCUT2D eigenvalue weighted by Gasteiger charge is 2.16. The van der Waals surface area contributed by atoms with Crippen LogP contribution < -0.4 is 5.32 Å². The second kappa shape index (κ2) is 6.59. The van der Waals surface area contributed by atoms with Crippen molar-refractivity contribution in [2.45, 2.75) is 46.6 Å². The lowest BCUT2D eigenvalue weighted by Crippen LogP contribution is -2.21. The van der Waals surface area contributed by atoms with Crippen LogP contribution in [0.5, 0.6) is 0 Å². The smallest absolute Gasteiger partial charge is 0.157 e. The largest absolute Gasteiger partial charge is 0.308 e. The Morgan fingerprint density at radius 1 is 1.21 bits per heavy atom. The Hall–Kier alpha value is -0.780. The molecule has 0 saturated carbocycles. The van der Waals surface area contributed by atoms with Crippen molar-refractivity contribution in [3.05, 3.63) is 21.5 Å². The van der Waals surface area contributed by atoms with E-state index in [0.29, 0.717) is 6.04 Å². The minimum absolute atomic E-state index is 0.341. The van der Waals surface area contributed by atoms with Crippen molar-refractivity contribution in [1.82, 2.24) is 15.5 Å². The van der Waals surface area contributed by atoms with E-state index in [4.69, 9.17) is 0 Å². The monoisotopic (exact) mass is 295 g/mol. The van der Waals surface area contributed by atoms with E-state index >= 15 is 0 Å². The van der Waals surface area contributed by atoms with E-state index in [1.54, 1.807) is 22.7 Å². The molecule has 0 saturated heterocycles. The van der Waals surface area contributed by atoms with Gasteiger partial charge in [0.2, 0.25) is 0 Å². The normalized spacial score (nSPS) is 12.8. The quantitative estimate of drug-likeness (QED) is 0.861. The topological polar surface area (TPSA) is 37.8 Å². The Kier molecular flexibility index (Phi) is 5.07. The minimum Gasteiger partial charge on any atom is -0.308 e. The number of thiophene rings is 1. The van der Waals surface area contributed by atoms with Gasteiger partial charge in [-0.3, -0.25) is 0 Å². The number of rotatable bonds is 6. The lowest BCUT2D eigenvalue weighted by Gasteiger charge is -2.12. The summed E-state index contributed by atoms with van der Waals surface area (Å²) >= 11 is 3.52. The summed E-state index contributed by atoms with van der Waals surface area (Å²) in [5, 5.41) is 14.4. The summed E-state index contributed by atoms with van der Waals surface area (Å²) in [5.41, 5.74) is 1.34. The minimum atomic E-state index is 0.341. The third-order valence-electron chi connectivity index (χ3n) is 3.16. The number of hydrogen-bond donors (Lipinski definition) is 1. The number of hydrogen-bond acceptors (Lipinski definition) is 5. The van der Waals surface area contributed by atoms with Gasteiger partial charge in [0.15, 0.2) is 5.01 Å². The summed E-state index contributed by atoms with van der Waals surface area (Å²) < 4.78 is 0. The molecule has 1 N–H and O–H groups in total. The van der Waals surface area contributed by atoms with Crippen LogP contribution in [0.25, 0.3) is 9.88 Å². The fraction of sp³-hybridized carbons (Fsp3) is 0.571. The van der Waals surface area contributed by atoms with Gasteiger partial charge in [-0.15, -0.1) is 21.5 Å². The number of aromatic nitrogens is 2. The van der Waals surface area contributed by atoms with Gasteiger partial charge in [-0.1, -0.05) is 25.2 Å². The molecular formula is C14H21N3S2. The van der Waals surface area contributed by atoms with Crippen LogP contribution in [0.3, 0.4) is 0 Å². The van der Waals surface area contributed by atoms with E-state index in [-0.39, 0.29) is 0 Å². The van der Waals surface area contributed by atoms with E-state index in [1.807, 2.05) is 0 Å². The molecule has 1 atom stereocenters. The SMILES string of the molecule is CCCNC(CC)c1nnc(-c2cc(C)c(C)s2)s1. The molecule has 1 unspecified atom stereocenters. The summed E-state index contributed by atoms with van der Waals surface area (Å²) in [5.74, 6) is 0. The van der Waals surface area contributed by atoms with Crippen molar-refractivity contribution in [3.63, 3.8) is 0 Å². The molecule has 0 spiro atoms. The summed E-state index contributed by atoms with van der Waals surface area (Å²) in [6.07, 6.45) is 2.20. The Labute approximate surface area is 123 Å². The van der Waals surface area contributed by atoms with Gasteiger partial charge in [-0.2, -0.15) is 0 Å². The molecule has 0 aromatic carbocycles. The Balaban J connectivity index is 2.17. The van der Waals surface area contributed by atoms with Crippen molar-refractivity contribution in [2.75, 3.05) is 6.54 Å². The molecule has 0 radical (unpaired) electrons. The molecule has 2 rings (SSSR count). The van der Waals surface area contributed by atoms with Crippen LogP contribution in [0.15, 0.2) is 6.07 Å². The second-order valence-electron chi connectivity index (χ2n) is 4.71. The Morgan fingerprint density at radius 2 is 2.00 bits per heavy atom. The molecule has 19 heavy (non-hydrogen) atoms. The van der Waals surface area contributed by atoms with Crippen LogP contribution in [0.2, 0.25) is 0 Å². The first-order valence-electron chi connectivity index (χ1n) is 6.79. The van der Waals surface area contributed by atoms with Crippen LogP contribution in [0.4, 0.5) is 0 Å². The predicted octanol–water partition coefficient (Wildman–Crippen LogP) is 4.33. The lowest BCUT2D eigenvalue weighted by molar-refractivity contribution is 0.513. The first kappa shape index (κ1) is 14.6. The van der Waals surface area contributed by atoms with Crippen molar-refractivity contribution in [1.29, 1.82) is 0 Å². The lowest BCUT2D eigenvalue weighted by atomic mass is 10.2. The fourth-order valence-electron chi connectivity index (χ4n) is 1.88. The van der Waals surface area contributed by atoms with Gasteiger partial charge >= 0.3 is 0 Å². The zero-order chi connectivity index (χ0) is 13.8. The van der Waals surface area contributed by atoms with Gasteiger partial charge in [0.05, 0.1) is 10.9 Å². The highest BCUT2D eigenvalue weighted by molar-refractivity contribution is 7.21. The third-order valence-corrected chi connectivity index (χ3v) is 5.52. The van der Waals surface area contributed by atoms with Gasteiger partial charge in [0.1, 0.15) is 5.01 Å². The maximum Gasteiger partial charge on any atom is 0.157 e. The first-order valence-corrected chi connectivity index (χ1v) is 8.43. The molecule has 5 heteroatoms. The van der Waals surface area contributed by atoms with Crippen LogP contribution in [-0.2, 0) is 0 Å². The molecule has 2 heterocycles. The maximum absolute atomic E-state index is 4.37. The van der Waals surface area contributed by atoms with Gasteiger partial charge in [-0.25, -0.2) is 0 Å². The summed E-state index contributed by atoms with van der Waals surface area (Å²) in [4.78, 5) is 2.60. The molecule has 0 bridgehead atoms. The third kappa shape index (κ3) is 3.41. The van der Waals surface area contributed by atoms with Crippen molar-refractivity contribution >= 4 is 22.7 Å². The molecule has 104 valence electrons. The van der Waals surface area contributed by atoms with Crippen molar-refractivity contribution in [3.8, 4) is 9.88 Å². The summed E-state index contributed by atoms with van der Waals surface area (Å²) in [6.45, 7) is 9.71. The standard InChI is InChI=1S/C14H21N3S2/c1-5-7-15-11(6-2)13-16-17-14(19-13)12-8-9(3)10(4)18-12/h8,11,15H,5-7H2,1-4H3. The maximum atomic E-state index is 4.37. The van der Waals surface area contributed by atoms with E-state index in [0.717, 1.165) is 29.4 Å². The Morgan fingerprint density at radius 3 is 2.58 bits per heavy atom. The molecule has 0 amide bonds. The molecular weight excluding hydrogens is 274 g/mol. The predicted molar refractivity (Wildman–Crippen MR) is 84.0 cm³/mol. The zero-order valence-corrected chi connectivity index (χ0v) is 13.6. The highest BCUT2D eigenvalue weighted by atomic mass is 32.1. The van der Waals surface area contributed by atoms with Gasteiger partial charge in [0.25, 0.3) is 0 Å². The summed E-state index contributed by atoms with van der Waals surface area (Å²) in [6, 6.07) is 2.55. The zero-order valence-electron chi connectivity index (χ0n) is 12.0. The van der Waals surface area contributed by atoms with Crippen LogP contribution >= 0.6 is 22.7 Å². The summed E-state index contributed by atoms with van der Waals surface area (Å²) in [7, 11) is 0. The Bertz CT molecular complexity index is 511. The number of nitrogens with one attached hydrogen (secondary N) is 1. The molecule has 0 aliphatic carbocycles. The van der Waals surface area contributed by atoms with Crippen LogP contribution in [0, 0.1) is 13.8 Å². The molecule has 2 aromatic rings. The van der Waals surface area contributed by atoms with E-state index < -0.39 is 0 Å². The van der Waals surface area contributed by atoms with E-state index in [2.05, 4.69) is 49.3 Å². The molecule has 0 aliphatic heterocycles. The molecule has 0 fully saturated rings. The molecule has 2 aromatic heterocycles. The van der Waals surface area contributed by atoms with Gasteiger partial charge < -0.3 is 5.32 Å². The van der Waals surface area contributed by atoms with E-state index in [1.165, 1.54) is 15.3 Å². The number of nitrogens with zero attached hydrogens (tertiary/aromatic N) is 2. The van der Waals surface area contributed by atoms with Crippen LogP contribution in [0.1, 0.15) is 48.2 Å². The average molecular weight is 295 g/mol. The van der Waals surface area contributed by atoms with E-state index in [9.17, 15) is 0 Å². The average Bonchev–Trinajstić information content (AvgIpc) is 2.99.